The van der Waals surface area contributed by atoms with Crippen molar-refractivity contribution in [3.63, 3.8) is 0 Å². The first-order chi connectivity index (χ1) is 12.1. The Balaban J connectivity index is 1.69. The molecule has 0 N–H and O–H groups in total. The number of carbonyl (C=O) groups excluding carboxylic acids is 1. The molecule has 0 radical (unpaired) electrons. The van der Waals surface area contributed by atoms with E-state index in [1.165, 1.54) is 6.20 Å². The third-order valence-electron chi connectivity index (χ3n) is 4.14. The minimum absolute atomic E-state index is 0.0214. The lowest BCUT2D eigenvalue weighted by Gasteiger charge is -2.24. The van der Waals surface area contributed by atoms with Crippen molar-refractivity contribution in [3.8, 4) is 0 Å². The first-order valence-electron chi connectivity index (χ1n) is 8.56. The number of hydrogen-bond acceptors (Lipinski definition) is 6. The van der Waals surface area contributed by atoms with Crippen molar-refractivity contribution in [1.82, 2.24) is 14.9 Å². The van der Waals surface area contributed by atoms with Gasteiger partial charge >= 0.3 is 6.09 Å². The fourth-order valence-electron chi connectivity index (χ4n) is 2.95. The molecule has 7 nitrogen and oxygen atoms in total. The highest BCUT2D eigenvalue weighted by atomic mass is 32.2. The molecule has 1 fully saturated rings. The predicted octanol–water partition coefficient (Wildman–Crippen LogP) is 2.66. The molecule has 2 heterocycles. The highest BCUT2D eigenvalue weighted by Gasteiger charge is 2.33. The molecule has 1 amide bonds. The van der Waals surface area contributed by atoms with Gasteiger partial charge in [-0.3, -0.25) is 4.98 Å². The number of carbonyl (C=O) groups is 1. The van der Waals surface area contributed by atoms with Crippen molar-refractivity contribution in [2.75, 3.05) is 18.8 Å². The minimum atomic E-state index is -3.57. The van der Waals surface area contributed by atoms with Gasteiger partial charge in [0.1, 0.15) is 5.60 Å². The van der Waals surface area contributed by atoms with Gasteiger partial charge in [0.25, 0.3) is 0 Å². The van der Waals surface area contributed by atoms with Gasteiger partial charge in [-0.2, -0.15) is 0 Å². The van der Waals surface area contributed by atoms with Crippen molar-refractivity contribution >= 4 is 27.0 Å². The molecule has 140 valence electrons. The number of ether oxygens (including phenoxy) is 1. The zero-order chi connectivity index (χ0) is 18.9. The van der Waals surface area contributed by atoms with E-state index in [1.807, 2.05) is 6.07 Å². The number of sulfone groups is 1. The van der Waals surface area contributed by atoms with Gasteiger partial charge in [0.05, 0.1) is 23.0 Å². The Morgan fingerprint density at radius 3 is 2.65 bits per heavy atom. The van der Waals surface area contributed by atoms with Crippen LogP contribution in [0.1, 0.15) is 27.2 Å². The number of nitrogens with zero attached hydrogens (tertiary/aromatic N) is 3. The summed E-state index contributed by atoms with van der Waals surface area (Å²) in [6.45, 7) is 6.29. The highest BCUT2D eigenvalue weighted by molar-refractivity contribution is 7.91. The van der Waals surface area contributed by atoms with Gasteiger partial charge in [-0.1, -0.05) is 12.1 Å². The standard InChI is InChI=1S/C18H23N3O4S/c1-18(2,3)25-17(22)21-9-8-13(11-21)12-26(23,24)16-10-19-14-6-4-5-7-15(14)20-16/h4-7,10,13H,8-9,11-12H2,1-3H3/t13-/m1/s1. The molecule has 26 heavy (non-hydrogen) atoms. The van der Waals surface area contributed by atoms with E-state index >= 15 is 0 Å². The number of aromatic nitrogens is 2. The minimum Gasteiger partial charge on any atom is -0.444 e. The molecule has 2 aromatic rings. The molecule has 1 aliphatic rings. The zero-order valence-corrected chi connectivity index (χ0v) is 16.0. The SMILES string of the molecule is CC(C)(C)OC(=O)N1CC[C@@H](CS(=O)(=O)c2cnc3ccccc3n2)C1. The zero-order valence-electron chi connectivity index (χ0n) is 15.2. The summed E-state index contributed by atoms with van der Waals surface area (Å²) in [4.78, 5) is 22.1. The van der Waals surface area contributed by atoms with E-state index < -0.39 is 21.5 Å². The third-order valence-corrected chi connectivity index (χ3v) is 5.88. The van der Waals surface area contributed by atoms with Crippen LogP contribution in [-0.2, 0) is 14.6 Å². The van der Waals surface area contributed by atoms with Crippen LogP contribution >= 0.6 is 0 Å². The maximum Gasteiger partial charge on any atom is 0.410 e. The summed E-state index contributed by atoms with van der Waals surface area (Å²) in [6, 6.07) is 7.15. The Morgan fingerprint density at radius 2 is 1.96 bits per heavy atom. The van der Waals surface area contributed by atoms with E-state index in [1.54, 1.807) is 43.9 Å². The molecule has 0 saturated carbocycles. The summed E-state index contributed by atoms with van der Waals surface area (Å²) in [5.74, 6) is -0.194. The molecule has 1 aromatic heterocycles. The van der Waals surface area contributed by atoms with Crippen LogP contribution in [0, 0.1) is 5.92 Å². The number of rotatable bonds is 3. The molecular formula is C18H23N3O4S. The maximum absolute atomic E-state index is 12.7. The van der Waals surface area contributed by atoms with Crippen LogP contribution in [0.5, 0.6) is 0 Å². The number of para-hydroxylation sites is 2. The van der Waals surface area contributed by atoms with Crippen LogP contribution in [0.3, 0.4) is 0 Å². The first kappa shape index (κ1) is 18.6. The van der Waals surface area contributed by atoms with Gasteiger partial charge < -0.3 is 9.64 Å². The Kier molecular flexibility index (Phi) is 4.88. The van der Waals surface area contributed by atoms with Gasteiger partial charge in [-0.15, -0.1) is 0 Å². The average Bonchev–Trinajstić information content (AvgIpc) is 3.01. The summed E-state index contributed by atoms with van der Waals surface area (Å²) in [7, 11) is -3.57. The Morgan fingerprint density at radius 1 is 1.27 bits per heavy atom. The van der Waals surface area contributed by atoms with E-state index in [-0.39, 0.29) is 16.7 Å². The average molecular weight is 377 g/mol. The van der Waals surface area contributed by atoms with Crippen molar-refractivity contribution in [1.29, 1.82) is 0 Å². The largest absolute Gasteiger partial charge is 0.444 e. The number of benzene rings is 1. The highest BCUT2D eigenvalue weighted by Crippen LogP contribution is 2.23. The van der Waals surface area contributed by atoms with Gasteiger partial charge in [0.2, 0.25) is 0 Å². The smallest absolute Gasteiger partial charge is 0.410 e. The quantitative estimate of drug-likeness (QED) is 0.817. The van der Waals surface area contributed by atoms with Crippen LogP contribution < -0.4 is 0 Å². The number of amides is 1. The Labute approximate surface area is 153 Å². The molecule has 1 aliphatic heterocycles. The van der Waals surface area contributed by atoms with Gasteiger partial charge in [0, 0.05) is 13.1 Å². The second-order valence-electron chi connectivity index (χ2n) is 7.56. The van der Waals surface area contributed by atoms with E-state index in [9.17, 15) is 13.2 Å². The van der Waals surface area contributed by atoms with Crippen molar-refractivity contribution < 1.29 is 17.9 Å². The lowest BCUT2D eigenvalue weighted by Crippen LogP contribution is -2.35. The molecular weight excluding hydrogens is 354 g/mol. The second-order valence-corrected chi connectivity index (χ2v) is 9.54. The fourth-order valence-corrected chi connectivity index (χ4v) is 4.46. The number of likely N-dealkylation sites (tertiary alicyclic amines) is 1. The summed E-state index contributed by atoms with van der Waals surface area (Å²) < 4.78 is 30.7. The topological polar surface area (TPSA) is 89.5 Å². The predicted molar refractivity (Wildman–Crippen MR) is 97.5 cm³/mol. The molecule has 0 aliphatic carbocycles. The number of hydrogen-bond donors (Lipinski definition) is 0. The number of fused-ring (bicyclic) bond motifs is 1. The molecule has 0 unspecified atom stereocenters. The van der Waals surface area contributed by atoms with Crippen LogP contribution in [-0.4, -0.2) is 53.8 Å². The second kappa shape index (κ2) is 6.83. The van der Waals surface area contributed by atoms with Crippen LogP contribution in [0.15, 0.2) is 35.5 Å². The molecule has 1 atom stereocenters. The van der Waals surface area contributed by atoms with Crippen LogP contribution in [0.4, 0.5) is 4.79 Å². The van der Waals surface area contributed by atoms with Crippen LogP contribution in [0.25, 0.3) is 11.0 Å². The molecule has 1 saturated heterocycles. The molecule has 0 spiro atoms. The van der Waals surface area contributed by atoms with Crippen molar-refractivity contribution in [2.45, 2.75) is 37.8 Å². The molecule has 8 heteroatoms. The van der Waals surface area contributed by atoms with Crippen molar-refractivity contribution in [2.24, 2.45) is 5.92 Å². The normalized spacial score (nSPS) is 18.3. The van der Waals surface area contributed by atoms with Gasteiger partial charge in [0.15, 0.2) is 14.9 Å². The van der Waals surface area contributed by atoms with E-state index in [0.717, 1.165) is 0 Å². The summed E-state index contributed by atoms with van der Waals surface area (Å²) >= 11 is 0. The lowest BCUT2D eigenvalue weighted by atomic mass is 10.2. The van der Waals surface area contributed by atoms with Crippen molar-refractivity contribution in [3.05, 3.63) is 30.5 Å². The maximum atomic E-state index is 12.7. The molecule has 1 aromatic carbocycles. The van der Waals surface area contributed by atoms with Crippen LogP contribution in [0.2, 0.25) is 0 Å². The van der Waals surface area contributed by atoms with E-state index in [0.29, 0.717) is 30.5 Å². The Hall–Kier alpha value is -2.22. The van der Waals surface area contributed by atoms with Gasteiger partial charge in [-0.25, -0.2) is 18.2 Å². The van der Waals surface area contributed by atoms with E-state index in [4.69, 9.17) is 4.74 Å². The first-order valence-corrected chi connectivity index (χ1v) is 10.2. The monoisotopic (exact) mass is 377 g/mol. The summed E-state index contributed by atoms with van der Waals surface area (Å²) in [5.41, 5.74) is 0.640. The summed E-state index contributed by atoms with van der Waals surface area (Å²) in [5, 5.41) is -0.0214. The molecule has 0 bridgehead atoms. The lowest BCUT2D eigenvalue weighted by molar-refractivity contribution is 0.0289. The van der Waals surface area contributed by atoms with Gasteiger partial charge in [-0.05, 0) is 45.2 Å². The fraction of sp³-hybridized carbons (Fsp3) is 0.500. The molecule has 3 rings (SSSR count). The Bertz CT molecular complexity index is 921. The summed E-state index contributed by atoms with van der Waals surface area (Å²) in [6.07, 6.45) is 1.53. The van der Waals surface area contributed by atoms with E-state index in [2.05, 4.69) is 9.97 Å². The third kappa shape index (κ3) is 4.30.